The molecule has 0 saturated carbocycles. The Morgan fingerprint density at radius 2 is 0.957 bits per heavy atom. The molecule has 1 nitrogen and oxygen atoms in total. The molecule has 0 atom stereocenters. The molecule has 0 aliphatic rings. The molecule has 0 rings (SSSR count). The van der Waals surface area contributed by atoms with Crippen molar-refractivity contribution < 1.29 is 18.1 Å². The molecule has 0 fully saturated rings. The van der Waals surface area contributed by atoms with Gasteiger partial charge < -0.3 is 18.1 Å². The first kappa shape index (κ1) is 24.7. The average molecular weight is 342 g/mol. The predicted molar refractivity (Wildman–Crippen MR) is 101 cm³/mol. The van der Waals surface area contributed by atoms with E-state index in [2.05, 4.69) is 43.7 Å². The lowest BCUT2D eigenvalue weighted by Crippen LogP contribution is -3.00. The molecule has 0 unspecified atom stereocenters. The first-order chi connectivity index (χ1) is 10.7. The van der Waals surface area contributed by atoms with Crippen molar-refractivity contribution >= 4 is 0 Å². The van der Waals surface area contributed by atoms with Crippen LogP contribution in [0.1, 0.15) is 83.5 Å². The molecule has 0 heterocycles. The Bertz CT molecular complexity index is 259. The van der Waals surface area contributed by atoms with Crippen LogP contribution in [-0.4, -0.2) is 6.54 Å². The third-order valence-corrected chi connectivity index (χ3v) is 4.69. The second-order valence-electron chi connectivity index (χ2n) is 6.76. The lowest BCUT2D eigenvalue weighted by molar-refractivity contribution is -0.368. The molecule has 0 radical (unpaired) electrons. The summed E-state index contributed by atoms with van der Waals surface area (Å²) in [6.45, 7) is 12.9. The normalized spacial score (nSPS) is 10.8. The van der Waals surface area contributed by atoms with Gasteiger partial charge in [-0.2, -0.15) is 0 Å². The van der Waals surface area contributed by atoms with Crippen LogP contribution in [0.15, 0.2) is 38.0 Å². The van der Waals surface area contributed by atoms with Crippen LogP contribution < -0.4 is 18.1 Å². The SMILES string of the molecule is C=CCC(CC=C)(CC=C)CCCCCCCCCCC[NH3+].[Cl-]. The zero-order valence-electron chi connectivity index (χ0n) is 15.3. The molecule has 136 valence electrons. The summed E-state index contributed by atoms with van der Waals surface area (Å²) >= 11 is 0. The van der Waals surface area contributed by atoms with Crippen molar-refractivity contribution in [3.8, 4) is 0 Å². The Hall–Kier alpha value is -0.530. The number of rotatable bonds is 17. The maximum Gasteiger partial charge on any atom is 0.0739 e. The fourth-order valence-corrected chi connectivity index (χ4v) is 3.39. The van der Waals surface area contributed by atoms with Crippen LogP contribution in [0.3, 0.4) is 0 Å². The second kappa shape index (κ2) is 17.8. The number of hydrogen-bond acceptors (Lipinski definition) is 0. The number of hydrogen-bond donors (Lipinski definition) is 1. The zero-order valence-corrected chi connectivity index (χ0v) is 16.1. The van der Waals surface area contributed by atoms with Crippen LogP contribution >= 0.6 is 0 Å². The van der Waals surface area contributed by atoms with E-state index in [0.717, 1.165) is 25.8 Å². The van der Waals surface area contributed by atoms with E-state index in [-0.39, 0.29) is 12.4 Å². The highest BCUT2D eigenvalue weighted by molar-refractivity contribution is 4.95. The minimum atomic E-state index is 0. The third-order valence-electron chi connectivity index (χ3n) is 4.69. The van der Waals surface area contributed by atoms with Crippen molar-refractivity contribution in [1.29, 1.82) is 0 Å². The molecular weight excluding hydrogens is 302 g/mol. The Morgan fingerprint density at radius 3 is 1.30 bits per heavy atom. The van der Waals surface area contributed by atoms with E-state index >= 15 is 0 Å². The topological polar surface area (TPSA) is 27.6 Å². The molecule has 0 bridgehead atoms. The van der Waals surface area contributed by atoms with Crippen molar-refractivity contribution in [2.45, 2.75) is 83.5 Å². The van der Waals surface area contributed by atoms with Crippen LogP contribution in [-0.2, 0) is 0 Å². The van der Waals surface area contributed by atoms with Crippen molar-refractivity contribution in [2.24, 2.45) is 5.41 Å². The van der Waals surface area contributed by atoms with Gasteiger partial charge in [0.2, 0.25) is 0 Å². The van der Waals surface area contributed by atoms with E-state index in [4.69, 9.17) is 0 Å². The van der Waals surface area contributed by atoms with Gasteiger partial charge in [0.1, 0.15) is 0 Å². The van der Waals surface area contributed by atoms with E-state index in [0.29, 0.717) is 5.41 Å². The monoisotopic (exact) mass is 341 g/mol. The molecule has 0 aromatic carbocycles. The summed E-state index contributed by atoms with van der Waals surface area (Å²) in [5.74, 6) is 0. The van der Waals surface area contributed by atoms with Crippen molar-refractivity contribution in [1.82, 2.24) is 0 Å². The first-order valence-corrected chi connectivity index (χ1v) is 9.36. The highest BCUT2D eigenvalue weighted by atomic mass is 35.5. The van der Waals surface area contributed by atoms with Crippen molar-refractivity contribution in [3.63, 3.8) is 0 Å². The molecular formula is C21H40ClN. The van der Waals surface area contributed by atoms with E-state index in [9.17, 15) is 0 Å². The molecule has 23 heavy (non-hydrogen) atoms. The van der Waals surface area contributed by atoms with Crippen LogP contribution in [0.25, 0.3) is 0 Å². The molecule has 3 N–H and O–H groups in total. The summed E-state index contributed by atoms with van der Waals surface area (Å²) in [5.41, 5.74) is 4.23. The van der Waals surface area contributed by atoms with Crippen LogP contribution in [0.5, 0.6) is 0 Å². The summed E-state index contributed by atoms with van der Waals surface area (Å²) in [6.07, 6.45) is 23.1. The Kier molecular flexibility index (Phi) is 19.1. The quantitative estimate of drug-likeness (QED) is 0.311. The van der Waals surface area contributed by atoms with Gasteiger partial charge in [0.25, 0.3) is 0 Å². The van der Waals surface area contributed by atoms with Crippen molar-refractivity contribution in [2.75, 3.05) is 6.54 Å². The van der Waals surface area contributed by atoms with Gasteiger partial charge in [-0.05, 0) is 43.9 Å². The minimum absolute atomic E-state index is 0. The summed E-state index contributed by atoms with van der Waals surface area (Å²) in [5, 5.41) is 0. The Balaban J connectivity index is 0. The average Bonchev–Trinajstić information content (AvgIpc) is 2.50. The summed E-state index contributed by atoms with van der Waals surface area (Å²) in [4.78, 5) is 0. The van der Waals surface area contributed by atoms with Crippen LogP contribution in [0, 0.1) is 5.41 Å². The Morgan fingerprint density at radius 1 is 0.609 bits per heavy atom. The molecule has 0 saturated heterocycles. The number of quaternary nitrogens is 1. The zero-order chi connectivity index (χ0) is 16.5. The smallest absolute Gasteiger partial charge is 0.0739 e. The van der Waals surface area contributed by atoms with Gasteiger partial charge in [0.15, 0.2) is 0 Å². The van der Waals surface area contributed by atoms with E-state index in [1.165, 1.54) is 64.2 Å². The molecule has 0 aromatic heterocycles. The molecule has 0 aliphatic heterocycles. The summed E-state index contributed by atoms with van der Waals surface area (Å²) < 4.78 is 0. The molecule has 0 amide bonds. The maximum atomic E-state index is 3.94. The van der Waals surface area contributed by atoms with Crippen LogP contribution in [0.4, 0.5) is 0 Å². The Labute approximate surface area is 151 Å². The summed E-state index contributed by atoms with van der Waals surface area (Å²) in [7, 11) is 0. The summed E-state index contributed by atoms with van der Waals surface area (Å²) in [6, 6.07) is 0. The highest BCUT2D eigenvalue weighted by Crippen LogP contribution is 2.38. The molecule has 2 heteroatoms. The van der Waals surface area contributed by atoms with E-state index < -0.39 is 0 Å². The van der Waals surface area contributed by atoms with E-state index in [1.807, 2.05) is 0 Å². The molecule has 0 spiro atoms. The fraction of sp³-hybridized carbons (Fsp3) is 0.714. The van der Waals surface area contributed by atoms with Crippen LogP contribution in [0.2, 0.25) is 0 Å². The van der Waals surface area contributed by atoms with Gasteiger partial charge in [-0.3, -0.25) is 0 Å². The highest BCUT2D eigenvalue weighted by Gasteiger charge is 2.25. The predicted octanol–water partition coefficient (Wildman–Crippen LogP) is 2.85. The fourth-order valence-electron chi connectivity index (χ4n) is 3.39. The number of allylic oxidation sites excluding steroid dienone is 3. The maximum absolute atomic E-state index is 3.94. The van der Waals surface area contributed by atoms with Gasteiger partial charge in [-0.25, -0.2) is 0 Å². The first-order valence-electron chi connectivity index (χ1n) is 9.36. The van der Waals surface area contributed by atoms with Gasteiger partial charge in [0, 0.05) is 0 Å². The number of halogens is 1. The van der Waals surface area contributed by atoms with E-state index in [1.54, 1.807) is 0 Å². The van der Waals surface area contributed by atoms with Gasteiger partial charge in [-0.1, -0.05) is 63.2 Å². The van der Waals surface area contributed by atoms with Crippen molar-refractivity contribution in [3.05, 3.63) is 38.0 Å². The molecule has 0 aromatic rings. The third kappa shape index (κ3) is 13.6. The van der Waals surface area contributed by atoms with Gasteiger partial charge in [0.05, 0.1) is 6.54 Å². The van der Waals surface area contributed by atoms with Gasteiger partial charge >= 0.3 is 0 Å². The second-order valence-corrected chi connectivity index (χ2v) is 6.76. The lowest BCUT2D eigenvalue weighted by atomic mass is 9.74. The van der Waals surface area contributed by atoms with Gasteiger partial charge in [-0.15, -0.1) is 19.7 Å². The lowest BCUT2D eigenvalue weighted by Gasteiger charge is -2.31. The largest absolute Gasteiger partial charge is 1.00 e. The molecule has 0 aliphatic carbocycles. The minimum Gasteiger partial charge on any atom is -1.00 e. The standard InChI is InChI=1S/C21H39N.ClH/c1-4-16-21(17-5-2,18-6-3)19-14-12-10-8-7-9-11-13-15-20-22;/h4-6H,1-3,7-20,22H2;1H. The number of unbranched alkanes of at least 4 members (excludes halogenated alkanes) is 8.